The Morgan fingerprint density at radius 1 is 1.38 bits per heavy atom. The van der Waals surface area contributed by atoms with Gasteiger partial charge in [0.15, 0.2) is 5.65 Å². The fourth-order valence-corrected chi connectivity index (χ4v) is 2.58. The van der Waals surface area contributed by atoms with Gasteiger partial charge in [-0.25, -0.2) is 9.97 Å². The number of hydrogen-bond acceptors (Lipinski definition) is 6. The Bertz CT molecular complexity index is 582. The lowest BCUT2D eigenvalue weighted by molar-refractivity contribution is 0.339. The first-order valence-corrected chi connectivity index (χ1v) is 8.65. The zero-order valence-electron chi connectivity index (χ0n) is 13.3. The van der Waals surface area contributed by atoms with E-state index < -0.39 is 0 Å². The Balaban J connectivity index is 2.24. The number of aryl methyl sites for hydroxylation is 1. The highest BCUT2D eigenvalue weighted by Crippen LogP contribution is 2.20. The van der Waals surface area contributed by atoms with Gasteiger partial charge in [0.05, 0.1) is 18.1 Å². The van der Waals surface area contributed by atoms with E-state index in [-0.39, 0.29) is 0 Å². The van der Waals surface area contributed by atoms with Crippen molar-refractivity contribution < 1.29 is 0 Å². The Labute approximate surface area is 130 Å². The van der Waals surface area contributed by atoms with Gasteiger partial charge >= 0.3 is 0 Å². The van der Waals surface area contributed by atoms with Gasteiger partial charge in [-0.1, -0.05) is 6.92 Å². The zero-order valence-corrected chi connectivity index (χ0v) is 14.1. The quantitative estimate of drug-likeness (QED) is 0.805. The summed E-state index contributed by atoms with van der Waals surface area (Å²) >= 11 is 1.85. The van der Waals surface area contributed by atoms with Gasteiger partial charge < -0.3 is 5.32 Å². The smallest absolute Gasteiger partial charge is 0.163 e. The molecular formula is C14H24N6S. The fourth-order valence-electron chi connectivity index (χ4n) is 2.08. The van der Waals surface area contributed by atoms with Crippen molar-refractivity contribution in [1.29, 1.82) is 0 Å². The van der Waals surface area contributed by atoms with E-state index in [4.69, 9.17) is 0 Å². The first kappa shape index (κ1) is 16.0. The average molecular weight is 308 g/mol. The molecule has 0 aliphatic carbocycles. The van der Waals surface area contributed by atoms with Crippen LogP contribution in [0.2, 0.25) is 0 Å². The van der Waals surface area contributed by atoms with Crippen LogP contribution in [0.1, 0.15) is 19.2 Å². The lowest BCUT2D eigenvalue weighted by Crippen LogP contribution is -2.22. The molecule has 21 heavy (non-hydrogen) atoms. The minimum Gasteiger partial charge on any atom is -0.369 e. The number of fused-ring (bicyclic) bond motifs is 1. The molecule has 2 heterocycles. The van der Waals surface area contributed by atoms with Crippen molar-refractivity contribution in [2.75, 3.05) is 37.5 Å². The van der Waals surface area contributed by atoms with Gasteiger partial charge in [-0.3, -0.25) is 9.58 Å². The van der Waals surface area contributed by atoms with Crippen molar-refractivity contribution in [3.63, 3.8) is 0 Å². The van der Waals surface area contributed by atoms with Crippen molar-refractivity contribution in [1.82, 2.24) is 24.6 Å². The standard InChI is InChI=1S/C14H24N6S/c1-5-6-15-13-11-9-16-20(3)14(11)18-12(17-13)10-19(2)7-8-21-4/h9H,5-8,10H2,1-4H3,(H,15,17,18). The Hall–Kier alpha value is -1.34. The normalized spacial score (nSPS) is 11.5. The minimum atomic E-state index is 0.752. The van der Waals surface area contributed by atoms with E-state index >= 15 is 0 Å². The summed E-state index contributed by atoms with van der Waals surface area (Å²) in [6.45, 7) is 4.84. The van der Waals surface area contributed by atoms with Crippen LogP contribution in [0.5, 0.6) is 0 Å². The third kappa shape index (κ3) is 4.07. The molecule has 6 nitrogen and oxygen atoms in total. The summed E-state index contributed by atoms with van der Waals surface area (Å²) in [7, 11) is 4.02. The number of thioether (sulfide) groups is 1. The maximum absolute atomic E-state index is 4.68. The highest BCUT2D eigenvalue weighted by atomic mass is 32.2. The van der Waals surface area contributed by atoms with Crippen molar-refractivity contribution in [3.05, 3.63) is 12.0 Å². The van der Waals surface area contributed by atoms with E-state index in [9.17, 15) is 0 Å². The van der Waals surface area contributed by atoms with Crippen LogP contribution in [-0.2, 0) is 13.6 Å². The molecule has 116 valence electrons. The number of nitrogens with one attached hydrogen (secondary N) is 1. The van der Waals surface area contributed by atoms with E-state index in [0.717, 1.165) is 54.5 Å². The molecule has 0 saturated heterocycles. The summed E-state index contributed by atoms with van der Waals surface area (Å²) in [6, 6.07) is 0. The largest absolute Gasteiger partial charge is 0.369 e. The molecule has 2 aromatic heterocycles. The molecule has 0 atom stereocenters. The lowest BCUT2D eigenvalue weighted by atomic mass is 10.3. The van der Waals surface area contributed by atoms with Crippen molar-refractivity contribution >= 4 is 28.6 Å². The molecule has 0 amide bonds. The third-order valence-corrected chi connectivity index (χ3v) is 3.86. The highest BCUT2D eigenvalue weighted by Gasteiger charge is 2.12. The molecule has 2 aromatic rings. The van der Waals surface area contributed by atoms with Crippen LogP contribution in [0, 0.1) is 0 Å². The Kier molecular flexibility index (Phi) is 5.81. The average Bonchev–Trinajstić information content (AvgIpc) is 2.84. The first-order valence-electron chi connectivity index (χ1n) is 7.25. The fraction of sp³-hybridized carbons (Fsp3) is 0.643. The van der Waals surface area contributed by atoms with Crippen LogP contribution in [0.4, 0.5) is 5.82 Å². The highest BCUT2D eigenvalue weighted by molar-refractivity contribution is 7.98. The topological polar surface area (TPSA) is 58.9 Å². The summed E-state index contributed by atoms with van der Waals surface area (Å²) in [5, 5.41) is 8.66. The lowest BCUT2D eigenvalue weighted by Gasteiger charge is -2.15. The van der Waals surface area contributed by atoms with Crippen molar-refractivity contribution in [3.8, 4) is 0 Å². The van der Waals surface area contributed by atoms with Crippen LogP contribution >= 0.6 is 11.8 Å². The molecule has 0 fully saturated rings. The van der Waals surface area contributed by atoms with Gasteiger partial charge in [-0.05, 0) is 19.7 Å². The Morgan fingerprint density at radius 2 is 2.19 bits per heavy atom. The van der Waals surface area contributed by atoms with Crippen LogP contribution < -0.4 is 5.32 Å². The van der Waals surface area contributed by atoms with E-state index in [1.807, 2.05) is 25.0 Å². The molecule has 0 bridgehead atoms. The second kappa shape index (κ2) is 7.61. The van der Waals surface area contributed by atoms with Crippen molar-refractivity contribution in [2.45, 2.75) is 19.9 Å². The predicted molar refractivity (Wildman–Crippen MR) is 89.8 cm³/mol. The summed E-state index contributed by atoms with van der Waals surface area (Å²) in [5.41, 5.74) is 0.886. The van der Waals surface area contributed by atoms with Crippen LogP contribution in [-0.4, -0.2) is 56.8 Å². The van der Waals surface area contributed by atoms with Gasteiger partial charge in [0.25, 0.3) is 0 Å². The third-order valence-electron chi connectivity index (χ3n) is 3.27. The maximum atomic E-state index is 4.68. The molecule has 2 rings (SSSR count). The molecular weight excluding hydrogens is 284 g/mol. The second-order valence-corrected chi connectivity index (χ2v) is 6.14. The van der Waals surface area contributed by atoms with Crippen LogP contribution in [0.25, 0.3) is 11.0 Å². The number of nitrogens with zero attached hydrogens (tertiary/aromatic N) is 5. The van der Waals surface area contributed by atoms with Gasteiger partial charge in [0, 0.05) is 25.9 Å². The van der Waals surface area contributed by atoms with E-state index in [1.54, 1.807) is 4.68 Å². The number of aromatic nitrogens is 4. The summed E-state index contributed by atoms with van der Waals surface area (Å²) in [4.78, 5) is 11.6. The van der Waals surface area contributed by atoms with Gasteiger partial charge in [-0.15, -0.1) is 0 Å². The summed E-state index contributed by atoms with van der Waals surface area (Å²) < 4.78 is 1.81. The second-order valence-electron chi connectivity index (χ2n) is 5.15. The van der Waals surface area contributed by atoms with Crippen LogP contribution in [0.15, 0.2) is 6.20 Å². The molecule has 7 heteroatoms. The number of anilines is 1. The SMILES string of the molecule is CCCNc1nc(CN(C)CCSC)nc2c1cnn2C. The Morgan fingerprint density at radius 3 is 2.90 bits per heavy atom. The predicted octanol–water partition coefficient (Wildman–Crippen LogP) is 1.98. The van der Waals surface area contributed by atoms with E-state index in [0.29, 0.717) is 0 Å². The zero-order chi connectivity index (χ0) is 15.2. The van der Waals surface area contributed by atoms with E-state index in [1.165, 1.54) is 0 Å². The monoisotopic (exact) mass is 308 g/mol. The minimum absolute atomic E-state index is 0.752. The van der Waals surface area contributed by atoms with Gasteiger partial charge in [-0.2, -0.15) is 16.9 Å². The van der Waals surface area contributed by atoms with Crippen LogP contribution in [0.3, 0.4) is 0 Å². The molecule has 0 aliphatic heterocycles. The molecule has 1 N–H and O–H groups in total. The number of rotatable bonds is 8. The molecule has 0 saturated carbocycles. The van der Waals surface area contributed by atoms with Gasteiger partial charge in [0.1, 0.15) is 11.6 Å². The number of hydrogen-bond donors (Lipinski definition) is 1. The summed E-state index contributed by atoms with van der Waals surface area (Å²) in [6.07, 6.45) is 5.02. The summed E-state index contributed by atoms with van der Waals surface area (Å²) in [5.74, 6) is 2.85. The van der Waals surface area contributed by atoms with Crippen molar-refractivity contribution in [2.24, 2.45) is 7.05 Å². The molecule has 0 unspecified atom stereocenters. The molecule has 0 aromatic carbocycles. The van der Waals surface area contributed by atoms with Gasteiger partial charge in [0.2, 0.25) is 0 Å². The first-order chi connectivity index (χ1) is 10.2. The van der Waals surface area contributed by atoms with E-state index in [2.05, 4.69) is 45.5 Å². The maximum Gasteiger partial charge on any atom is 0.163 e. The molecule has 0 radical (unpaired) electrons. The molecule has 0 spiro atoms. The molecule has 0 aliphatic rings.